The summed E-state index contributed by atoms with van der Waals surface area (Å²) in [4.78, 5) is 15.0. The summed E-state index contributed by atoms with van der Waals surface area (Å²) < 4.78 is 1.73. The number of hydrogen-bond acceptors (Lipinski definition) is 4. The van der Waals surface area contributed by atoms with Crippen molar-refractivity contribution in [3.63, 3.8) is 0 Å². The Labute approximate surface area is 166 Å². The number of anilines is 3. The smallest absolute Gasteiger partial charge is 0.260 e. The van der Waals surface area contributed by atoms with Crippen LogP contribution in [0.25, 0.3) is 0 Å². The summed E-state index contributed by atoms with van der Waals surface area (Å²) in [6.45, 7) is 0.723. The summed E-state index contributed by atoms with van der Waals surface area (Å²) in [5.41, 5.74) is 9.29. The molecular formula is C19H17Cl2N5O. The lowest BCUT2D eigenvalue weighted by Gasteiger charge is -2.23. The van der Waals surface area contributed by atoms with Gasteiger partial charge in [-0.1, -0.05) is 29.3 Å². The summed E-state index contributed by atoms with van der Waals surface area (Å²) in [5, 5.41) is 8.57. The van der Waals surface area contributed by atoms with Crippen molar-refractivity contribution in [3.05, 3.63) is 69.3 Å². The molecule has 138 valence electrons. The van der Waals surface area contributed by atoms with E-state index in [-0.39, 0.29) is 5.91 Å². The second-order valence-electron chi connectivity index (χ2n) is 6.34. The summed E-state index contributed by atoms with van der Waals surface area (Å²) in [5.74, 6) is 0.615. The van der Waals surface area contributed by atoms with E-state index in [0.717, 1.165) is 28.3 Å². The van der Waals surface area contributed by atoms with E-state index < -0.39 is 0 Å². The summed E-state index contributed by atoms with van der Waals surface area (Å²) in [7, 11) is 1.84. The van der Waals surface area contributed by atoms with Crippen molar-refractivity contribution in [2.75, 3.05) is 10.2 Å². The molecule has 0 bridgehead atoms. The first kappa shape index (κ1) is 17.9. The van der Waals surface area contributed by atoms with Gasteiger partial charge in [0.25, 0.3) is 5.91 Å². The molecular weight excluding hydrogens is 385 g/mol. The van der Waals surface area contributed by atoms with E-state index in [2.05, 4.69) is 10.4 Å². The zero-order valence-corrected chi connectivity index (χ0v) is 16.1. The molecule has 0 unspecified atom stereocenters. The second kappa shape index (κ2) is 6.88. The molecule has 0 spiro atoms. The number of aryl methyl sites for hydroxylation is 1. The first-order chi connectivity index (χ1) is 13.0. The Morgan fingerprint density at radius 3 is 2.81 bits per heavy atom. The van der Waals surface area contributed by atoms with Crippen LogP contribution >= 0.6 is 23.2 Å². The lowest BCUT2D eigenvalue weighted by atomic mass is 10.1. The molecule has 0 radical (unpaired) electrons. The third kappa shape index (κ3) is 3.16. The van der Waals surface area contributed by atoms with Crippen molar-refractivity contribution in [1.29, 1.82) is 0 Å². The number of carbonyl (C=O) groups is 1. The van der Waals surface area contributed by atoms with E-state index in [1.807, 2.05) is 19.2 Å². The summed E-state index contributed by atoms with van der Waals surface area (Å²) in [6, 6.07) is 10.6. The predicted octanol–water partition coefficient (Wildman–Crippen LogP) is 4.09. The minimum Gasteiger partial charge on any atom is -0.338 e. The highest BCUT2D eigenvalue weighted by atomic mass is 35.5. The Balaban J connectivity index is 1.83. The maximum atomic E-state index is 13.4. The number of halogens is 2. The average molecular weight is 402 g/mol. The van der Waals surface area contributed by atoms with E-state index in [0.29, 0.717) is 28.7 Å². The number of amides is 1. The van der Waals surface area contributed by atoms with Gasteiger partial charge in [0.1, 0.15) is 5.82 Å². The average Bonchev–Trinajstić information content (AvgIpc) is 2.90. The summed E-state index contributed by atoms with van der Waals surface area (Å²) in [6.07, 6.45) is 1.75. The largest absolute Gasteiger partial charge is 0.338 e. The molecule has 1 amide bonds. The number of benzene rings is 2. The van der Waals surface area contributed by atoms with Crippen molar-refractivity contribution in [3.8, 4) is 0 Å². The topological polar surface area (TPSA) is 76.2 Å². The third-order valence-corrected chi connectivity index (χ3v) is 5.14. The van der Waals surface area contributed by atoms with Gasteiger partial charge in [0.15, 0.2) is 0 Å². The van der Waals surface area contributed by atoms with Crippen molar-refractivity contribution in [2.24, 2.45) is 12.8 Å². The van der Waals surface area contributed by atoms with Crippen molar-refractivity contribution in [2.45, 2.75) is 13.1 Å². The van der Waals surface area contributed by atoms with E-state index >= 15 is 0 Å². The monoisotopic (exact) mass is 401 g/mol. The molecule has 6 nitrogen and oxygen atoms in total. The molecule has 8 heteroatoms. The maximum Gasteiger partial charge on any atom is 0.260 e. The Morgan fingerprint density at radius 1 is 1.26 bits per heavy atom. The summed E-state index contributed by atoms with van der Waals surface area (Å²) >= 11 is 12.5. The molecule has 1 aliphatic rings. The van der Waals surface area contributed by atoms with Gasteiger partial charge in [0, 0.05) is 24.2 Å². The van der Waals surface area contributed by atoms with Gasteiger partial charge >= 0.3 is 0 Å². The van der Waals surface area contributed by atoms with Gasteiger partial charge < -0.3 is 16.0 Å². The second-order valence-corrected chi connectivity index (χ2v) is 7.18. The van der Waals surface area contributed by atoms with Crippen molar-refractivity contribution >= 4 is 46.3 Å². The molecule has 1 aromatic heterocycles. The molecule has 2 heterocycles. The Kier molecular flexibility index (Phi) is 4.55. The Morgan fingerprint density at radius 2 is 2.07 bits per heavy atom. The van der Waals surface area contributed by atoms with E-state index in [4.69, 9.17) is 28.9 Å². The van der Waals surface area contributed by atoms with Crippen LogP contribution in [0.2, 0.25) is 10.0 Å². The molecule has 0 saturated carbocycles. The van der Waals surface area contributed by atoms with Crippen LogP contribution in [-0.2, 0) is 20.1 Å². The highest BCUT2D eigenvalue weighted by molar-refractivity contribution is 6.35. The number of carbonyl (C=O) groups excluding carboxylic acids is 1. The quantitative estimate of drug-likeness (QED) is 0.677. The molecule has 4 rings (SSSR count). The maximum absolute atomic E-state index is 13.4. The van der Waals surface area contributed by atoms with E-state index in [1.54, 1.807) is 40.0 Å². The molecule has 0 aliphatic carbocycles. The first-order valence-electron chi connectivity index (χ1n) is 8.35. The van der Waals surface area contributed by atoms with Crippen LogP contribution in [0.3, 0.4) is 0 Å². The van der Waals surface area contributed by atoms with Crippen molar-refractivity contribution in [1.82, 2.24) is 9.78 Å². The third-order valence-electron chi connectivity index (χ3n) is 4.59. The fourth-order valence-corrected chi connectivity index (χ4v) is 3.63. The zero-order chi connectivity index (χ0) is 19.1. The molecule has 3 aromatic rings. The van der Waals surface area contributed by atoms with Gasteiger partial charge in [0.2, 0.25) is 0 Å². The van der Waals surface area contributed by atoms with Gasteiger partial charge in [-0.15, -0.1) is 0 Å². The van der Waals surface area contributed by atoms with Crippen LogP contribution in [0.1, 0.15) is 21.5 Å². The molecule has 2 aromatic carbocycles. The number of nitrogens with zero attached hydrogens (tertiary/aromatic N) is 3. The number of nitrogens with two attached hydrogens (primary N) is 1. The van der Waals surface area contributed by atoms with Crippen LogP contribution in [-0.4, -0.2) is 15.7 Å². The van der Waals surface area contributed by atoms with Crippen LogP contribution in [0.5, 0.6) is 0 Å². The molecule has 0 atom stereocenters. The molecule has 1 aliphatic heterocycles. The minimum atomic E-state index is -0.203. The number of fused-ring (bicyclic) bond motifs is 2. The lowest BCUT2D eigenvalue weighted by Crippen LogP contribution is -2.30. The van der Waals surface area contributed by atoms with Gasteiger partial charge in [-0.3, -0.25) is 9.48 Å². The van der Waals surface area contributed by atoms with Gasteiger partial charge in [0.05, 0.1) is 34.7 Å². The Hall–Kier alpha value is -2.54. The van der Waals surface area contributed by atoms with Crippen LogP contribution in [0.4, 0.5) is 17.2 Å². The number of hydrogen-bond donors (Lipinski definition) is 2. The van der Waals surface area contributed by atoms with Crippen LogP contribution in [0, 0.1) is 0 Å². The number of nitrogens with one attached hydrogen (secondary N) is 1. The first-order valence-corrected chi connectivity index (χ1v) is 9.11. The SMILES string of the molecule is Cn1ncc2c1Nc1cc(Cl)ccc1N(C(=O)c1ccc(CN)cc1Cl)C2. The van der Waals surface area contributed by atoms with E-state index in [1.165, 1.54) is 0 Å². The number of rotatable bonds is 2. The van der Waals surface area contributed by atoms with Crippen LogP contribution in [0.15, 0.2) is 42.6 Å². The predicted molar refractivity (Wildman–Crippen MR) is 108 cm³/mol. The van der Waals surface area contributed by atoms with E-state index in [9.17, 15) is 4.79 Å². The molecule has 0 saturated heterocycles. The van der Waals surface area contributed by atoms with Gasteiger partial charge in [-0.25, -0.2) is 0 Å². The van der Waals surface area contributed by atoms with Crippen LogP contribution < -0.4 is 16.0 Å². The molecule has 0 fully saturated rings. The highest BCUT2D eigenvalue weighted by Crippen LogP contribution is 2.38. The Bertz CT molecular complexity index is 1050. The standard InChI is InChI=1S/C19H17Cl2N5O/c1-25-18-12(9-23-25)10-26(17-5-3-13(20)7-16(17)24-18)19(27)14-4-2-11(8-22)6-15(14)21/h2-7,9,24H,8,10,22H2,1H3. The fourth-order valence-electron chi connectivity index (χ4n) is 3.17. The molecule has 3 N–H and O–H groups in total. The minimum absolute atomic E-state index is 0.203. The normalized spacial score (nSPS) is 12.8. The lowest BCUT2D eigenvalue weighted by molar-refractivity contribution is 0.0985. The van der Waals surface area contributed by atoms with Gasteiger partial charge in [-0.2, -0.15) is 5.10 Å². The number of aromatic nitrogens is 2. The highest BCUT2D eigenvalue weighted by Gasteiger charge is 2.28. The van der Waals surface area contributed by atoms with Crippen molar-refractivity contribution < 1.29 is 4.79 Å². The van der Waals surface area contributed by atoms with Gasteiger partial charge in [-0.05, 0) is 35.9 Å². The zero-order valence-electron chi connectivity index (χ0n) is 14.5. The fraction of sp³-hybridized carbons (Fsp3) is 0.158. The molecule has 27 heavy (non-hydrogen) atoms.